The van der Waals surface area contributed by atoms with Crippen LogP contribution in [-0.4, -0.2) is 6.61 Å². The van der Waals surface area contributed by atoms with Crippen LogP contribution in [0.4, 0.5) is 0 Å². The number of nitrogens with two attached hydrogens (primary N) is 1. The SMILES string of the molecule is NNC(c1ccc(Cl)cc1Cl)c1cccc2c1OCCC2. The van der Waals surface area contributed by atoms with Gasteiger partial charge in [0.2, 0.25) is 0 Å². The van der Waals surface area contributed by atoms with E-state index in [9.17, 15) is 0 Å². The number of hydrogen-bond donors (Lipinski definition) is 2. The van der Waals surface area contributed by atoms with Gasteiger partial charge < -0.3 is 4.74 Å². The van der Waals surface area contributed by atoms with Crippen LogP contribution >= 0.6 is 23.2 Å². The van der Waals surface area contributed by atoms with E-state index in [2.05, 4.69) is 11.5 Å². The molecule has 21 heavy (non-hydrogen) atoms. The Morgan fingerprint density at radius 1 is 1.14 bits per heavy atom. The van der Waals surface area contributed by atoms with Crippen molar-refractivity contribution in [2.75, 3.05) is 6.61 Å². The van der Waals surface area contributed by atoms with Gasteiger partial charge in [-0.3, -0.25) is 5.84 Å². The first kappa shape index (κ1) is 14.7. The maximum atomic E-state index is 6.32. The molecule has 0 aromatic heterocycles. The summed E-state index contributed by atoms with van der Waals surface area (Å²) in [4.78, 5) is 0. The Hall–Kier alpha value is -1.26. The first-order chi connectivity index (χ1) is 10.2. The van der Waals surface area contributed by atoms with Crippen LogP contribution in [0.2, 0.25) is 10.0 Å². The number of hydrazine groups is 1. The average molecular weight is 323 g/mol. The number of para-hydroxylation sites is 1. The van der Waals surface area contributed by atoms with Crippen LogP contribution in [-0.2, 0) is 6.42 Å². The second-order valence-electron chi connectivity index (χ2n) is 5.05. The molecule has 1 atom stereocenters. The van der Waals surface area contributed by atoms with Crippen LogP contribution in [0.25, 0.3) is 0 Å². The maximum Gasteiger partial charge on any atom is 0.127 e. The number of fused-ring (bicyclic) bond motifs is 1. The summed E-state index contributed by atoms with van der Waals surface area (Å²) in [5.74, 6) is 6.69. The third-order valence-corrected chi connectivity index (χ3v) is 4.28. The molecule has 3 N–H and O–H groups in total. The fourth-order valence-electron chi connectivity index (χ4n) is 2.72. The molecule has 110 valence electrons. The highest BCUT2D eigenvalue weighted by Gasteiger charge is 2.23. The molecule has 0 spiro atoms. The quantitative estimate of drug-likeness (QED) is 0.666. The van der Waals surface area contributed by atoms with Gasteiger partial charge in [-0.25, -0.2) is 5.43 Å². The summed E-state index contributed by atoms with van der Waals surface area (Å²) < 4.78 is 5.86. The Labute approximate surface area is 134 Å². The molecule has 3 rings (SSSR count). The lowest BCUT2D eigenvalue weighted by Gasteiger charge is -2.25. The molecule has 0 aliphatic carbocycles. The van der Waals surface area contributed by atoms with Crippen LogP contribution in [0, 0.1) is 0 Å². The van der Waals surface area contributed by atoms with E-state index in [4.69, 9.17) is 33.8 Å². The van der Waals surface area contributed by atoms with E-state index in [1.165, 1.54) is 5.56 Å². The molecule has 1 unspecified atom stereocenters. The Morgan fingerprint density at radius 2 is 2.00 bits per heavy atom. The van der Waals surface area contributed by atoms with Crippen molar-refractivity contribution in [3.63, 3.8) is 0 Å². The fourth-order valence-corrected chi connectivity index (χ4v) is 3.24. The van der Waals surface area contributed by atoms with Crippen molar-refractivity contribution in [1.82, 2.24) is 5.43 Å². The summed E-state index contributed by atoms with van der Waals surface area (Å²) in [5.41, 5.74) is 5.93. The highest BCUT2D eigenvalue weighted by molar-refractivity contribution is 6.35. The second kappa shape index (κ2) is 6.24. The summed E-state index contributed by atoms with van der Waals surface area (Å²) in [6, 6.07) is 11.3. The lowest BCUT2D eigenvalue weighted by atomic mass is 9.94. The minimum absolute atomic E-state index is 0.234. The Bertz CT molecular complexity index is 661. The van der Waals surface area contributed by atoms with E-state index in [-0.39, 0.29) is 6.04 Å². The standard InChI is InChI=1S/C16H16Cl2N2O/c17-11-6-7-12(14(18)9-11)15(20-19)13-5-1-3-10-4-2-8-21-16(10)13/h1,3,5-7,9,15,20H,2,4,8,19H2. The predicted octanol–water partition coefficient (Wildman–Crippen LogP) is 3.87. The molecule has 2 aromatic carbocycles. The second-order valence-corrected chi connectivity index (χ2v) is 5.90. The zero-order valence-electron chi connectivity index (χ0n) is 11.4. The van der Waals surface area contributed by atoms with Crippen LogP contribution in [0.3, 0.4) is 0 Å². The topological polar surface area (TPSA) is 47.3 Å². The van der Waals surface area contributed by atoms with Crippen molar-refractivity contribution in [2.45, 2.75) is 18.9 Å². The highest BCUT2D eigenvalue weighted by atomic mass is 35.5. The van der Waals surface area contributed by atoms with Crippen LogP contribution < -0.4 is 16.0 Å². The van der Waals surface area contributed by atoms with Gasteiger partial charge in [-0.1, -0.05) is 47.5 Å². The van der Waals surface area contributed by atoms with Crippen molar-refractivity contribution >= 4 is 23.2 Å². The smallest absolute Gasteiger partial charge is 0.127 e. The van der Waals surface area contributed by atoms with E-state index >= 15 is 0 Å². The number of ether oxygens (including phenoxy) is 1. The molecule has 1 heterocycles. The van der Waals surface area contributed by atoms with Gasteiger partial charge in [0.15, 0.2) is 0 Å². The van der Waals surface area contributed by atoms with Gasteiger partial charge in [0.1, 0.15) is 5.75 Å². The van der Waals surface area contributed by atoms with Gasteiger partial charge in [-0.05, 0) is 36.1 Å². The van der Waals surface area contributed by atoms with Crippen molar-refractivity contribution in [3.8, 4) is 5.75 Å². The third kappa shape index (κ3) is 2.87. The number of aryl methyl sites for hydroxylation is 1. The summed E-state index contributed by atoms with van der Waals surface area (Å²) >= 11 is 12.3. The predicted molar refractivity (Wildman–Crippen MR) is 85.9 cm³/mol. The van der Waals surface area contributed by atoms with E-state index < -0.39 is 0 Å². The van der Waals surface area contributed by atoms with Gasteiger partial charge in [0.25, 0.3) is 0 Å². The molecule has 1 aliphatic heterocycles. The van der Waals surface area contributed by atoms with Crippen molar-refractivity contribution < 1.29 is 4.74 Å². The molecule has 0 amide bonds. The minimum Gasteiger partial charge on any atom is -0.493 e. The summed E-state index contributed by atoms with van der Waals surface area (Å²) in [5, 5.41) is 1.18. The number of hydrogen-bond acceptors (Lipinski definition) is 3. The zero-order chi connectivity index (χ0) is 14.8. The van der Waals surface area contributed by atoms with E-state index in [1.54, 1.807) is 6.07 Å². The Balaban J connectivity index is 2.08. The summed E-state index contributed by atoms with van der Waals surface area (Å²) in [6.07, 6.45) is 2.06. The van der Waals surface area contributed by atoms with Crippen LogP contribution in [0.1, 0.15) is 29.2 Å². The molecule has 0 saturated carbocycles. The van der Waals surface area contributed by atoms with Crippen LogP contribution in [0.15, 0.2) is 36.4 Å². The Kier molecular flexibility index (Phi) is 4.36. The highest BCUT2D eigenvalue weighted by Crippen LogP contribution is 2.37. The molecule has 5 heteroatoms. The number of nitrogens with one attached hydrogen (secondary N) is 1. The van der Waals surface area contributed by atoms with Crippen molar-refractivity contribution in [2.24, 2.45) is 5.84 Å². The molecule has 0 fully saturated rings. The lowest BCUT2D eigenvalue weighted by molar-refractivity contribution is 0.283. The van der Waals surface area contributed by atoms with Crippen molar-refractivity contribution in [3.05, 3.63) is 63.1 Å². The zero-order valence-corrected chi connectivity index (χ0v) is 12.9. The van der Waals surface area contributed by atoms with Gasteiger partial charge in [-0.15, -0.1) is 0 Å². The maximum absolute atomic E-state index is 6.32. The molecule has 0 radical (unpaired) electrons. The first-order valence-corrected chi connectivity index (χ1v) is 7.62. The van der Waals surface area contributed by atoms with Gasteiger partial charge in [-0.2, -0.15) is 0 Å². The van der Waals surface area contributed by atoms with Gasteiger partial charge >= 0.3 is 0 Å². The van der Waals surface area contributed by atoms with E-state index in [1.807, 2.05) is 24.3 Å². The first-order valence-electron chi connectivity index (χ1n) is 6.86. The molecular formula is C16H16Cl2N2O. The van der Waals surface area contributed by atoms with Crippen LogP contribution in [0.5, 0.6) is 5.75 Å². The summed E-state index contributed by atoms with van der Waals surface area (Å²) in [7, 11) is 0. The number of halogens is 2. The van der Waals surface area contributed by atoms with E-state index in [0.29, 0.717) is 10.0 Å². The lowest BCUT2D eigenvalue weighted by Crippen LogP contribution is -2.30. The monoisotopic (exact) mass is 322 g/mol. The minimum atomic E-state index is -0.234. The molecular weight excluding hydrogens is 307 g/mol. The fraction of sp³-hybridized carbons (Fsp3) is 0.250. The number of rotatable bonds is 3. The summed E-state index contributed by atoms with van der Waals surface area (Å²) in [6.45, 7) is 0.732. The Morgan fingerprint density at radius 3 is 2.76 bits per heavy atom. The molecule has 1 aliphatic rings. The normalized spacial score (nSPS) is 15.2. The molecule has 0 bridgehead atoms. The number of benzene rings is 2. The molecule has 0 saturated heterocycles. The van der Waals surface area contributed by atoms with Gasteiger partial charge in [0.05, 0.1) is 12.6 Å². The molecule has 2 aromatic rings. The molecule has 3 nitrogen and oxygen atoms in total. The average Bonchev–Trinajstić information content (AvgIpc) is 2.50. The van der Waals surface area contributed by atoms with E-state index in [0.717, 1.165) is 36.3 Å². The van der Waals surface area contributed by atoms with Gasteiger partial charge in [0, 0.05) is 15.6 Å². The van der Waals surface area contributed by atoms with Crippen molar-refractivity contribution in [1.29, 1.82) is 0 Å². The third-order valence-electron chi connectivity index (χ3n) is 3.72. The largest absolute Gasteiger partial charge is 0.493 e.